The Labute approximate surface area is 211 Å². The number of nitrogens with zero attached hydrogens (tertiary/aromatic N) is 4. The van der Waals surface area contributed by atoms with Crippen LogP contribution in [0.4, 0.5) is 5.69 Å². The molecule has 0 saturated carbocycles. The number of fused-ring (bicyclic) bond motifs is 4. The van der Waals surface area contributed by atoms with Crippen molar-refractivity contribution in [3.05, 3.63) is 70.9 Å². The summed E-state index contributed by atoms with van der Waals surface area (Å²) in [5, 5.41) is 9.35. The molecule has 3 heterocycles. The number of aromatic nitrogens is 2. The first-order valence-electron chi connectivity index (χ1n) is 11.1. The fourth-order valence-corrected chi connectivity index (χ4v) is 4.61. The highest BCUT2D eigenvalue weighted by molar-refractivity contribution is 5.77. The van der Waals surface area contributed by atoms with Crippen molar-refractivity contribution in [1.29, 1.82) is 5.26 Å². The van der Waals surface area contributed by atoms with E-state index in [2.05, 4.69) is 59.9 Å². The molecule has 2 aromatic carbocycles. The molecule has 6 nitrogen and oxygen atoms in total. The largest absolute Gasteiger partial charge is 1.00 e. The average molecular weight is 554 g/mol. The molecule has 0 fully saturated rings. The predicted molar refractivity (Wildman–Crippen MR) is 124 cm³/mol. The van der Waals surface area contributed by atoms with Gasteiger partial charge in [-0.05, 0) is 69.2 Å². The Morgan fingerprint density at radius 1 is 1.12 bits per heavy atom. The fraction of sp³-hybridized carbons (Fsp3) is 0.308. The van der Waals surface area contributed by atoms with Crippen LogP contribution >= 0.6 is 0 Å². The van der Waals surface area contributed by atoms with Crippen LogP contribution in [0.2, 0.25) is 0 Å². The monoisotopic (exact) mass is 554 g/mol. The normalized spacial score (nSPS) is 16.8. The maximum absolute atomic E-state index is 9.35. The van der Waals surface area contributed by atoms with E-state index in [-0.39, 0.29) is 24.0 Å². The van der Waals surface area contributed by atoms with Crippen molar-refractivity contribution in [3.8, 4) is 11.8 Å². The van der Waals surface area contributed by atoms with Gasteiger partial charge in [0.1, 0.15) is 13.2 Å². The molecule has 0 N–H and O–H groups in total. The molecule has 7 heteroatoms. The second kappa shape index (κ2) is 9.10. The van der Waals surface area contributed by atoms with Crippen LogP contribution in [-0.2, 0) is 17.8 Å². The molecule has 1 aromatic heterocycles. The Morgan fingerprint density at radius 3 is 2.64 bits per heavy atom. The van der Waals surface area contributed by atoms with Crippen molar-refractivity contribution in [1.82, 2.24) is 4.57 Å². The van der Waals surface area contributed by atoms with Gasteiger partial charge in [0.15, 0.2) is 16.8 Å². The van der Waals surface area contributed by atoms with E-state index in [1.807, 2.05) is 30.4 Å². The maximum atomic E-state index is 9.35. The summed E-state index contributed by atoms with van der Waals surface area (Å²) in [6.45, 7) is 11.5. The van der Waals surface area contributed by atoms with Gasteiger partial charge in [0, 0.05) is 18.7 Å². The van der Waals surface area contributed by atoms with Gasteiger partial charge in [0.2, 0.25) is 11.6 Å². The number of halogens is 1. The minimum atomic E-state index is 0. The summed E-state index contributed by atoms with van der Waals surface area (Å²) in [6.07, 6.45) is 4.00. The van der Waals surface area contributed by atoms with Crippen molar-refractivity contribution < 1.29 is 38.0 Å². The van der Waals surface area contributed by atoms with Crippen LogP contribution < -0.4 is 38.2 Å². The number of benzene rings is 2. The molecule has 0 radical (unpaired) electrons. The number of nitriles is 1. The third-order valence-electron chi connectivity index (χ3n) is 6.35. The van der Waals surface area contributed by atoms with Gasteiger partial charge in [-0.3, -0.25) is 0 Å². The van der Waals surface area contributed by atoms with Crippen LogP contribution in [0.25, 0.3) is 16.8 Å². The van der Waals surface area contributed by atoms with Gasteiger partial charge in [-0.1, -0.05) is 0 Å². The lowest BCUT2D eigenvalue weighted by atomic mass is 10.1. The predicted octanol–water partition coefficient (Wildman–Crippen LogP) is 1.57. The molecule has 33 heavy (non-hydrogen) atoms. The summed E-state index contributed by atoms with van der Waals surface area (Å²) < 4.78 is 16.8. The number of imidazole rings is 1. The Bertz CT molecular complexity index is 1350. The first kappa shape index (κ1) is 23.2. The Kier molecular flexibility index (Phi) is 6.39. The molecular formula is C26H27IN4O2. The first-order valence-corrected chi connectivity index (χ1v) is 11.1. The minimum absolute atomic E-state index is 0. The highest BCUT2D eigenvalue weighted by Gasteiger charge is 2.32. The van der Waals surface area contributed by atoms with Crippen molar-refractivity contribution in [2.45, 2.75) is 40.8 Å². The third-order valence-corrected chi connectivity index (χ3v) is 6.35. The van der Waals surface area contributed by atoms with E-state index < -0.39 is 0 Å². The van der Waals surface area contributed by atoms with Crippen LogP contribution in [0.1, 0.15) is 36.4 Å². The zero-order chi connectivity index (χ0) is 22.4. The van der Waals surface area contributed by atoms with E-state index in [4.69, 9.17) is 9.47 Å². The zero-order valence-corrected chi connectivity index (χ0v) is 21.5. The number of hydrogen-bond donors (Lipinski definition) is 0. The molecule has 170 valence electrons. The number of allylic oxidation sites excluding steroid dienone is 2. The van der Waals surface area contributed by atoms with E-state index >= 15 is 0 Å². The van der Waals surface area contributed by atoms with Crippen LogP contribution in [0.15, 0.2) is 48.4 Å². The lowest BCUT2D eigenvalue weighted by Crippen LogP contribution is -3.00. The summed E-state index contributed by atoms with van der Waals surface area (Å²) >= 11 is 0. The standard InChI is InChI=1S/C26H27N4O2.HI/c1-5-28-22-13-17(3)18(4)14-24(22)32-25(28)10-9-23-26-29(6-2)21-15-19(16-27)7-8-20(21)30(26)11-12-31-23;/h7-10,13-15H,5-6,11-12H2,1-4H3;1H/q+1;/p-1. The first-order chi connectivity index (χ1) is 15.5. The second-order valence-corrected chi connectivity index (χ2v) is 8.17. The molecule has 0 aliphatic carbocycles. The molecule has 3 aromatic rings. The third kappa shape index (κ3) is 3.76. The van der Waals surface area contributed by atoms with E-state index in [1.54, 1.807) is 0 Å². The summed E-state index contributed by atoms with van der Waals surface area (Å²) in [5.41, 5.74) is 6.42. The molecule has 0 saturated heterocycles. The smallest absolute Gasteiger partial charge is 0.325 e. The van der Waals surface area contributed by atoms with Gasteiger partial charge in [0.25, 0.3) is 0 Å². The Balaban J connectivity index is 0.00000259. The lowest BCUT2D eigenvalue weighted by molar-refractivity contribution is -0.672. The van der Waals surface area contributed by atoms with Crippen molar-refractivity contribution in [2.75, 3.05) is 18.1 Å². The summed E-state index contributed by atoms with van der Waals surface area (Å²) in [7, 11) is 0. The molecule has 2 aliphatic rings. The van der Waals surface area contributed by atoms with Gasteiger partial charge in [-0.15, -0.1) is 0 Å². The fourth-order valence-electron chi connectivity index (χ4n) is 4.61. The summed E-state index contributed by atoms with van der Waals surface area (Å²) in [4.78, 5) is 2.18. The molecule has 0 amide bonds. The Hall–Kier alpha value is -2.99. The number of aryl methyl sites for hydroxylation is 3. The molecule has 0 atom stereocenters. The van der Waals surface area contributed by atoms with Gasteiger partial charge in [0.05, 0.1) is 23.9 Å². The molecule has 0 spiro atoms. The van der Waals surface area contributed by atoms with E-state index in [9.17, 15) is 5.26 Å². The van der Waals surface area contributed by atoms with Crippen LogP contribution in [0, 0.1) is 25.2 Å². The quantitative estimate of drug-likeness (QED) is 0.365. The number of ether oxygens (including phenoxy) is 2. The molecule has 2 aliphatic heterocycles. The summed E-state index contributed by atoms with van der Waals surface area (Å²) in [6, 6.07) is 12.4. The van der Waals surface area contributed by atoms with Crippen molar-refractivity contribution in [2.24, 2.45) is 0 Å². The topological polar surface area (TPSA) is 54.3 Å². The van der Waals surface area contributed by atoms with Gasteiger partial charge in [-0.2, -0.15) is 5.26 Å². The van der Waals surface area contributed by atoms with Crippen molar-refractivity contribution in [3.63, 3.8) is 0 Å². The SMILES string of the molecule is CCN1C(=CC=C2OCCn3c2[n+](CC)c2cc(C#N)ccc23)Oc2cc(C)c(C)cc21.[I-]. The van der Waals surface area contributed by atoms with Crippen LogP contribution in [-0.4, -0.2) is 17.7 Å². The summed E-state index contributed by atoms with van der Waals surface area (Å²) in [5.74, 6) is 3.52. The van der Waals surface area contributed by atoms with Crippen molar-refractivity contribution >= 4 is 22.5 Å². The van der Waals surface area contributed by atoms with E-state index in [0.29, 0.717) is 12.2 Å². The molecular weight excluding hydrogens is 527 g/mol. The minimum Gasteiger partial charge on any atom is -1.00 e. The molecule has 0 bridgehead atoms. The number of anilines is 1. The van der Waals surface area contributed by atoms with Crippen LogP contribution in [0.5, 0.6) is 5.75 Å². The second-order valence-electron chi connectivity index (χ2n) is 8.17. The highest BCUT2D eigenvalue weighted by atomic mass is 127. The van der Waals surface area contributed by atoms with E-state index in [0.717, 1.165) is 59.6 Å². The van der Waals surface area contributed by atoms with E-state index in [1.165, 1.54) is 11.1 Å². The number of hydrogen-bond acceptors (Lipinski definition) is 4. The zero-order valence-electron chi connectivity index (χ0n) is 19.4. The average Bonchev–Trinajstić information content (AvgIpc) is 3.31. The molecule has 5 rings (SSSR count). The highest BCUT2D eigenvalue weighted by Crippen LogP contribution is 2.40. The van der Waals surface area contributed by atoms with Gasteiger partial charge < -0.3 is 38.4 Å². The number of rotatable bonds is 3. The van der Waals surface area contributed by atoms with Crippen LogP contribution in [0.3, 0.4) is 0 Å². The Morgan fingerprint density at radius 2 is 1.91 bits per heavy atom. The lowest BCUT2D eigenvalue weighted by Gasteiger charge is -2.17. The van der Waals surface area contributed by atoms with Gasteiger partial charge in [-0.25, -0.2) is 9.13 Å². The molecule has 0 unspecified atom stereocenters. The maximum Gasteiger partial charge on any atom is 0.325 e. The van der Waals surface area contributed by atoms with Gasteiger partial charge >= 0.3 is 5.82 Å².